The summed E-state index contributed by atoms with van der Waals surface area (Å²) >= 11 is 6.22. The van der Waals surface area contributed by atoms with Crippen molar-refractivity contribution < 1.29 is 14.3 Å². The monoisotopic (exact) mass is 412 g/mol. The van der Waals surface area contributed by atoms with Gasteiger partial charge in [-0.05, 0) is 70.0 Å². The van der Waals surface area contributed by atoms with E-state index in [0.29, 0.717) is 27.6 Å². The van der Waals surface area contributed by atoms with E-state index in [4.69, 9.17) is 16.3 Å². The highest BCUT2D eigenvalue weighted by molar-refractivity contribution is 6.36. The van der Waals surface area contributed by atoms with Gasteiger partial charge in [0.25, 0.3) is 11.8 Å². The van der Waals surface area contributed by atoms with Crippen LogP contribution in [0.4, 0.5) is 5.69 Å². The van der Waals surface area contributed by atoms with E-state index in [1.54, 1.807) is 30.3 Å². The lowest BCUT2D eigenvalue weighted by Crippen LogP contribution is -2.38. The van der Waals surface area contributed by atoms with E-state index in [-0.39, 0.29) is 29.7 Å². The van der Waals surface area contributed by atoms with Gasteiger partial charge in [-0.1, -0.05) is 29.8 Å². The molecule has 0 spiro atoms. The highest BCUT2D eigenvalue weighted by atomic mass is 35.5. The first-order valence-corrected chi connectivity index (χ1v) is 9.99. The van der Waals surface area contributed by atoms with Crippen LogP contribution in [0.1, 0.15) is 38.8 Å². The summed E-state index contributed by atoms with van der Waals surface area (Å²) in [6.45, 7) is 9.44. The van der Waals surface area contributed by atoms with Crippen molar-refractivity contribution >= 4 is 34.7 Å². The molecular formula is C23H25ClN2O3. The lowest BCUT2D eigenvalue weighted by molar-refractivity contribution is -0.138. The Morgan fingerprint density at radius 2 is 1.62 bits per heavy atom. The zero-order chi connectivity index (χ0) is 21.3. The van der Waals surface area contributed by atoms with E-state index in [1.807, 2.05) is 46.8 Å². The Balaban J connectivity index is 2.04. The molecule has 3 rings (SSSR count). The Morgan fingerprint density at radius 3 is 2.17 bits per heavy atom. The maximum Gasteiger partial charge on any atom is 0.278 e. The van der Waals surface area contributed by atoms with Gasteiger partial charge in [-0.2, -0.15) is 0 Å². The summed E-state index contributed by atoms with van der Waals surface area (Å²) in [6.07, 6.45) is 0.0506. The van der Waals surface area contributed by atoms with Crippen LogP contribution in [-0.4, -0.2) is 28.9 Å². The zero-order valence-electron chi connectivity index (χ0n) is 17.2. The third-order valence-electron chi connectivity index (χ3n) is 4.59. The molecule has 0 atom stereocenters. The number of hydrogen-bond donors (Lipinski definition) is 1. The van der Waals surface area contributed by atoms with E-state index in [0.717, 1.165) is 5.56 Å². The van der Waals surface area contributed by atoms with E-state index in [2.05, 4.69) is 5.32 Å². The van der Waals surface area contributed by atoms with Crippen LogP contribution in [0.3, 0.4) is 0 Å². The van der Waals surface area contributed by atoms with Crippen molar-refractivity contribution in [3.8, 4) is 5.75 Å². The minimum absolute atomic E-state index is 0.0506. The zero-order valence-corrected chi connectivity index (χ0v) is 18.0. The summed E-state index contributed by atoms with van der Waals surface area (Å²) < 4.78 is 5.68. The Kier molecular flexibility index (Phi) is 5.99. The van der Waals surface area contributed by atoms with Gasteiger partial charge >= 0.3 is 0 Å². The quantitative estimate of drug-likeness (QED) is 0.675. The summed E-state index contributed by atoms with van der Waals surface area (Å²) in [6, 6.07) is 12.4. The molecule has 5 nitrogen and oxygen atoms in total. The lowest BCUT2D eigenvalue weighted by atomic mass is 10.0. The highest BCUT2D eigenvalue weighted by Crippen LogP contribution is 2.33. The van der Waals surface area contributed by atoms with Gasteiger partial charge < -0.3 is 10.1 Å². The molecular weight excluding hydrogens is 388 g/mol. The molecule has 1 N–H and O–H groups in total. The van der Waals surface area contributed by atoms with Gasteiger partial charge in [0.1, 0.15) is 11.4 Å². The first-order chi connectivity index (χ1) is 13.7. The lowest BCUT2D eigenvalue weighted by Gasteiger charge is -2.19. The molecule has 6 heteroatoms. The van der Waals surface area contributed by atoms with Crippen molar-refractivity contribution in [3.05, 3.63) is 64.3 Å². The van der Waals surface area contributed by atoms with Crippen LogP contribution in [-0.2, 0) is 9.59 Å². The number of nitrogens with zero attached hydrogens (tertiary/aromatic N) is 1. The Bertz CT molecular complexity index is 978. The molecule has 0 aliphatic carbocycles. The first kappa shape index (κ1) is 20.9. The Labute approximate surface area is 176 Å². The average molecular weight is 413 g/mol. The second kappa shape index (κ2) is 8.29. The molecule has 0 fully saturated rings. The van der Waals surface area contributed by atoms with Gasteiger partial charge in [0.2, 0.25) is 0 Å². The van der Waals surface area contributed by atoms with Crippen LogP contribution >= 0.6 is 11.6 Å². The molecule has 0 unspecified atom stereocenters. The van der Waals surface area contributed by atoms with Crippen LogP contribution in [0.2, 0.25) is 5.02 Å². The second-order valence-corrected chi connectivity index (χ2v) is 8.01. The fraction of sp³-hybridized carbons (Fsp3) is 0.304. The topological polar surface area (TPSA) is 58.6 Å². The fourth-order valence-corrected chi connectivity index (χ4v) is 3.37. The van der Waals surface area contributed by atoms with Crippen LogP contribution in [0.5, 0.6) is 5.75 Å². The normalized spacial score (nSPS) is 14.4. The van der Waals surface area contributed by atoms with Crippen molar-refractivity contribution in [2.75, 3.05) is 5.32 Å². The summed E-state index contributed by atoms with van der Waals surface area (Å²) in [5, 5.41) is 3.71. The number of rotatable bonds is 6. The van der Waals surface area contributed by atoms with Crippen LogP contribution in [0, 0.1) is 6.92 Å². The minimum Gasteiger partial charge on any atom is -0.491 e. The van der Waals surface area contributed by atoms with E-state index in [9.17, 15) is 9.59 Å². The van der Waals surface area contributed by atoms with Gasteiger partial charge in [-0.3, -0.25) is 14.5 Å². The number of hydrogen-bond acceptors (Lipinski definition) is 4. The Morgan fingerprint density at radius 1 is 0.966 bits per heavy atom. The number of anilines is 1. The fourth-order valence-electron chi connectivity index (χ4n) is 3.19. The number of amides is 2. The summed E-state index contributed by atoms with van der Waals surface area (Å²) in [5.41, 5.74) is 2.84. The number of carbonyl (C=O) groups excluding carboxylic acids is 2. The van der Waals surface area contributed by atoms with Gasteiger partial charge in [-0.25, -0.2) is 0 Å². The average Bonchev–Trinajstić information content (AvgIpc) is 2.88. The molecule has 1 aliphatic rings. The van der Waals surface area contributed by atoms with E-state index >= 15 is 0 Å². The molecule has 0 aromatic heterocycles. The number of nitrogens with one attached hydrogen (secondary N) is 1. The molecule has 2 aromatic carbocycles. The third kappa shape index (κ3) is 4.30. The second-order valence-electron chi connectivity index (χ2n) is 7.60. The molecule has 0 radical (unpaired) electrons. The van der Waals surface area contributed by atoms with Crippen LogP contribution in [0.25, 0.3) is 5.57 Å². The maximum absolute atomic E-state index is 13.1. The first-order valence-electron chi connectivity index (χ1n) is 9.61. The van der Waals surface area contributed by atoms with Gasteiger partial charge in [0.15, 0.2) is 0 Å². The van der Waals surface area contributed by atoms with Crippen LogP contribution in [0.15, 0.2) is 48.2 Å². The van der Waals surface area contributed by atoms with E-state index < -0.39 is 0 Å². The van der Waals surface area contributed by atoms with E-state index in [1.165, 1.54) is 4.90 Å². The van der Waals surface area contributed by atoms with Crippen molar-refractivity contribution in [3.63, 3.8) is 0 Å². The molecule has 0 bridgehead atoms. The standard InChI is InChI=1S/C23H25ClN2O3/c1-13(2)26-22(27)20(16-7-10-18(11-8-16)29-14(3)4)21(23(26)28)25-17-9-6-15(5)19(24)12-17/h6-14,25H,1-5H3. The van der Waals surface area contributed by atoms with Crippen molar-refractivity contribution in [2.24, 2.45) is 0 Å². The van der Waals surface area contributed by atoms with Crippen molar-refractivity contribution in [1.82, 2.24) is 4.90 Å². The summed E-state index contributed by atoms with van der Waals surface area (Å²) in [4.78, 5) is 27.4. The third-order valence-corrected chi connectivity index (χ3v) is 4.99. The molecule has 0 saturated carbocycles. The van der Waals surface area contributed by atoms with Crippen LogP contribution < -0.4 is 10.1 Å². The molecule has 152 valence electrons. The smallest absolute Gasteiger partial charge is 0.278 e. The SMILES string of the molecule is Cc1ccc(NC2=C(c3ccc(OC(C)C)cc3)C(=O)N(C(C)C)C2=O)cc1Cl. The number of imide groups is 1. The highest BCUT2D eigenvalue weighted by Gasteiger charge is 2.40. The van der Waals surface area contributed by atoms with Gasteiger partial charge in [-0.15, -0.1) is 0 Å². The van der Waals surface area contributed by atoms with Gasteiger partial charge in [0.05, 0.1) is 11.7 Å². The van der Waals surface area contributed by atoms with Crippen molar-refractivity contribution in [1.29, 1.82) is 0 Å². The molecule has 2 aromatic rings. The number of aryl methyl sites for hydroxylation is 1. The largest absolute Gasteiger partial charge is 0.491 e. The molecule has 29 heavy (non-hydrogen) atoms. The molecule has 0 saturated heterocycles. The molecule has 2 amide bonds. The maximum atomic E-state index is 13.1. The predicted octanol–water partition coefficient (Wildman–Crippen LogP) is 5.04. The number of benzene rings is 2. The number of carbonyl (C=O) groups is 2. The molecule has 1 heterocycles. The minimum atomic E-state index is -0.348. The predicted molar refractivity (Wildman–Crippen MR) is 116 cm³/mol. The summed E-state index contributed by atoms with van der Waals surface area (Å²) in [5.74, 6) is 0.0455. The Hall–Kier alpha value is -2.79. The number of halogens is 1. The van der Waals surface area contributed by atoms with Crippen molar-refractivity contribution in [2.45, 2.75) is 46.8 Å². The number of ether oxygens (including phenoxy) is 1. The summed E-state index contributed by atoms with van der Waals surface area (Å²) in [7, 11) is 0. The van der Waals surface area contributed by atoms with Gasteiger partial charge in [0, 0.05) is 16.8 Å². The molecule has 1 aliphatic heterocycles.